The van der Waals surface area contributed by atoms with Crippen LogP contribution in [0.4, 0.5) is 5.69 Å². The van der Waals surface area contributed by atoms with Gasteiger partial charge < -0.3 is 10.2 Å². The largest absolute Gasteiger partial charge is 0.345 e. The molecule has 6 heteroatoms. The molecule has 2 amide bonds. The van der Waals surface area contributed by atoms with Crippen molar-refractivity contribution in [2.75, 3.05) is 19.4 Å². The van der Waals surface area contributed by atoms with Gasteiger partial charge in [-0.2, -0.15) is 0 Å². The molecular weight excluding hydrogens is 290 g/mol. The van der Waals surface area contributed by atoms with E-state index in [0.29, 0.717) is 21.8 Å². The lowest BCUT2D eigenvalue weighted by atomic mass is 10.2. The second kappa shape index (κ2) is 6.37. The number of nitrogens with one attached hydrogen (secondary N) is 1. The van der Waals surface area contributed by atoms with Crippen molar-refractivity contribution in [1.82, 2.24) is 9.88 Å². The molecule has 0 unspecified atom stereocenters. The molecule has 0 spiro atoms. The first-order chi connectivity index (χ1) is 9.99. The van der Waals surface area contributed by atoms with E-state index in [4.69, 9.17) is 11.6 Å². The van der Waals surface area contributed by atoms with E-state index < -0.39 is 0 Å². The molecule has 0 saturated carbocycles. The quantitative estimate of drug-likeness (QED) is 0.948. The smallest absolute Gasteiger partial charge is 0.258 e. The first kappa shape index (κ1) is 15.0. The molecule has 1 N–H and O–H groups in total. The van der Waals surface area contributed by atoms with Crippen LogP contribution in [0.1, 0.15) is 20.7 Å². The summed E-state index contributed by atoms with van der Waals surface area (Å²) in [5.41, 5.74) is 1.43. The normalized spacial score (nSPS) is 10.0. The van der Waals surface area contributed by atoms with Gasteiger partial charge in [-0.3, -0.25) is 14.6 Å². The van der Waals surface area contributed by atoms with Crippen LogP contribution in [0.3, 0.4) is 0 Å². The van der Waals surface area contributed by atoms with Crippen molar-refractivity contribution in [3.8, 4) is 0 Å². The number of hydrogen-bond acceptors (Lipinski definition) is 3. The summed E-state index contributed by atoms with van der Waals surface area (Å²) < 4.78 is 0. The Morgan fingerprint density at radius 1 is 1.14 bits per heavy atom. The van der Waals surface area contributed by atoms with E-state index in [1.54, 1.807) is 44.4 Å². The van der Waals surface area contributed by atoms with E-state index in [2.05, 4.69) is 10.3 Å². The van der Waals surface area contributed by atoms with Crippen LogP contribution >= 0.6 is 11.6 Å². The standard InChI is InChI=1S/C15H14ClN3O2/c1-19(2)15(21)10-3-5-11(6-4-10)18-14(20)12-9-17-8-7-13(12)16/h3-9H,1-2H3,(H,18,20). The SMILES string of the molecule is CN(C)C(=O)c1ccc(NC(=O)c2cnccc2Cl)cc1. The average molecular weight is 304 g/mol. The number of amides is 2. The van der Waals surface area contributed by atoms with Crippen molar-refractivity contribution in [2.24, 2.45) is 0 Å². The number of anilines is 1. The molecule has 1 aromatic carbocycles. The first-order valence-electron chi connectivity index (χ1n) is 6.21. The molecule has 0 atom stereocenters. The maximum Gasteiger partial charge on any atom is 0.258 e. The molecule has 5 nitrogen and oxygen atoms in total. The summed E-state index contributed by atoms with van der Waals surface area (Å²) in [6.07, 6.45) is 2.92. The minimum absolute atomic E-state index is 0.0943. The highest BCUT2D eigenvalue weighted by atomic mass is 35.5. The molecule has 2 rings (SSSR count). The van der Waals surface area contributed by atoms with Gasteiger partial charge in [-0.1, -0.05) is 11.6 Å². The summed E-state index contributed by atoms with van der Waals surface area (Å²) in [5, 5.41) is 3.04. The Kier molecular flexibility index (Phi) is 4.55. The van der Waals surface area contributed by atoms with Crippen molar-refractivity contribution in [1.29, 1.82) is 0 Å². The molecule has 0 aliphatic carbocycles. The number of nitrogens with zero attached hydrogens (tertiary/aromatic N) is 2. The van der Waals surface area contributed by atoms with E-state index in [9.17, 15) is 9.59 Å². The highest BCUT2D eigenvalue weighted by Crippen LogP contribution is 2.16. The highest BCUT2D eigenvalue weighted by molar-refractivity contribution is 6.34. The van der Waals surface area contributed by atoms with Gasteiger partial charge in [-0.05, 0) is 30.3 Å². The summed E-state index contributed by atoms with van der Waals surface area (Å²) in [7, 11) is 3.37. The summed E-state index contributed by atoms with van der Waals surface area (Å²) in [6.45, 7) is 0. The summed E-state index contributed by atoms with van der Waals surface area (Å²) in [4.78, 5) is 29.2. The van der Waals surface area contributed by atoms with Crippen molar-refractivity contribution in [3.05, 3.63) is 58.9 Å². The van der Waals surface area contributed by atoms with Gasteiger partial charge in [0, 0.05) is 37.7 Å². The molecule has 0 radical (unpaired) electrons. The van der Waals surface area contributed by atoms with E-state index >= 15 is 0 Å². The number of carbonyl (C=O) groups is 2. The second-order valence-electron chi connectivity index (χ2n) is 4.59. The molecule has 1 aromatic heterocycles. The van der Waals surface area contributed by atoms with Crippen molar-refractivity contribution in [2.45, 2.75) is 0 Å². The molecule has 2 aromatic rings. The molecule has 0 bridgehead atoms. The fourth-order valence-corrected chi connectivity index (χ4v) is 1.89. The van der Waals surface area contributed by atoms with E-state index in [1.807, 2.05) is 0 Å². The molecule has 108 valence electrons. The minimum atomic E-state index is -0.347. The molecule has 21 heavy (non-hydrogen) atoms. The van der Waals surface area contributed by atoms with Crippen LogP contribution in [0.25, 0.3) is 0 Å². The van der Waals surface area contributed by atoms with Crippen LogP contribution in [0.5, 0.6) is 0 Å². The third-order valence-corrected chi connectivity index (χ3v) is 3.14. The Bertz CT molecular complexity index is 669. The topological polar surface area (TPSA) is 62.3 Å². The van der Waals surface area contributed by atoms with Gasteiger partial charge in [0.1, 0.15) is 0 Å². The maximum atomic E-state index is 12.1. The Labute approximate surface area is 127 Å². The summed E-state index contributed by atoms with van der Waals surface area (Å²) in [6, 6.07) is 8.19. The molecular formula is C15H14ClN3O2. The van der Waals surface area contributed by atoms with Gasteiger partial charge in [-0.25, -0.2) is 0 Å². The molecule has 0 aliphatic heterocycles. The minimum Gasteiger partial charge on any atom is -0.345 e. The first-order valence-corrected chi connectivity index (χ1v) is 6.59. The Hall–Kier alpha value is -2.40. The van der Waals surface area contributed by atoms with Gasteiger partial charge in [0.2, 0.25) is 0 Å². The summed E-state index contributed by atoms with van der Waals surface area (Å²) in [5.74, 6) is -0.442. The predicted molar refractivity (Wildman–Crippen MR) is 81.7 cm³/mol. The molecule has 0 fully saturated rings. The monoisotopic (exact) mass is 303 g/mol. The van der Waals surface area contributed by atoms with Crippen LogP contribution in [0.15, 0.2) is 42.7 Å². The van der Waals surface area contributed by atoms with Gasteiger partial charge in [0.15, 0.2) is 0 Å². The Balaban J connectivity index is 2.12. The molecule has 1 heterocycles. The van der Waals surface area contributed by atoms with Gasteiger partial charge in [0.25, 0.3) is 11.8 Å². The van der Waals surface area contributed by atoms with E-state index in [-0.39, 0.29) is 11.8 Å². The van der Waals surface area contributed by atoms with E-state index in [1.165, 1.54) is 17.3 Å². The van der Waals surface area contributed by atoms with Crippen LogP contribution < -0.4 is 5.32 Å². The number of halogens is 1. The number of benzene rings is 1. The Morgan fingerprint density at radius 3 is 2.38 bits per heavy atom. The van der Waals surface area contributed by atoms with Gasteiger partial charge in [0.05, 0.1) is 10.6 Å². The average Bonchev–Trinajstić information content (AvgIpc) is 2.47. The van der Waals surface area contributed by atoms with Crippen LogP contribution in [-0.4, -0.2) is 35.8 Å². The van der Waals surface area contributed by atoms with Crippen molar-refractivity contribution in [3.63, 3.8) is 0 Å². The fourth-order valence-electron chi connectivity index (χ4n) is 1.70. The number of carbonyl (C=O) groups excluding carboxylic acids is 2. The number of hydrogen-bond donors (Lipinski definition) is 1. The van der Waals surface area contributed by atoms with Crippen molar-refractivity contribution < 1.29 is 9.59 Å². The number of aromatic nitrogens is 1. The maximum absolute atomic E-state index is 12.1. The zero-order chi connectivity index (χ0) is 15.4. The lowest BCUT2D eigenvalue weighted by Crippen LogP contribution is -2.21. The lowest BCUT2D eigenvalue weighted by molar-refractivity contribution is 0.0827. The predicted octanol–water partition coefficient (Wildman–Crippen LogP) is 2.69. The highest BCUT2D eigenvalue weighted by Gasteiger charge is 2.11. The lowest BCUT2D eigenvalue weighted by Gasteiger charge is -2.11. The van der Waals surface area contributed by atoms with Crippen LogP contribution in [-0.2, 0) is 0 Å². The number of pyridine rings is 1. The Morgan fingerprint density at radius 2 is 1.81 bits per heavy atom. The molecule has 0 saturated heterocycles. The zero-order valence-corrected chi connectivity index (χ0v) is 12.4. The fraction of sp³-hybridized carbons (Fsp3) is 0.133. The third kappa shape index (κ3) is 3.58. The van der Waals surface area contributed by atoms with E-state index in [0.717, 1.165) is 0 Å². The zero-order valence-electron chi connectivity index (χ0n) is 11.6. The summed E-state index contributed by atoms with van der Waals surface area (Å²) >= 11 is 5.94. The van der Waals surface area contributed by atoms with Gasteiger partial charge in [-0.15, -0.1) is 0 Å². The third-order valence-electron chi connectivity index (χ3n) is 2.81. The van der Waals surface area contributed by atoms with Crippen molar-refractivity contribution >= 4 is 29.1 Å². The number of rotatable bonds is 3. The van der Waals surface area contributed by atoms with Crippen LogP contribution in [0, 0.1) is 0 Å². The van der Waals surface area contributed by atoms with Crippen LogP contribution in [0.2, 0.25) is 5.02 Å². The second-order valence-corrected chi connectivity index (χ2v) is 4.99. The molecule has 0 aliphatic rings. The van der Waals surface area contributed by atoms with Gasteiger partial charge >= 0.3 is 0 Å².